The number of H-pyrrole nitrogens is 4. The molecule has 16 rings (SSSR count). The van der Waals surface area contributed by atoms with Gasteiger partial charge in [-0.2, -0.15) is 0 Å². The predicted octanol–water partition coefficient (Wildman–Crippen LogP) is 16.6. The van der Waals surface area contributed by atoms with Crippen LogP contribution in [-0.2, 0) is 25.9 Å². The first kappa shape index (κ1) is 45.9. The smallest absolute Gasteiger partial charge is 0.155 e. The van der Waals surface area contributed by atoms with E-state index in [9.17, 15) is 0 Å². The van der Waals surface area contributed by atoms with Crippen LogP contribution >= 0.6 is 0 Å². The summed E-state index contributed by atoms with van der Waals surface area (Å²) < 4.78 is 6.43. The maximum Gasteiger partial charge on any atom is 0.155 e. The fourth-order valence-corrected chi connectivity index (χ4v) is 13.1. The quantitative estimate of drug-likeness (QED) is 0.105. The van der Waals surface area contributed by atoms with Crippen molar-refractivity contribution >= 4 is 87.5 Å². The second-order valence-electron chi connectivity index (χ2n) is 22.6. The lowest BCUT2D eigenvalue weighted by Crippen LogP contribution is -2.06. The highest BCUT2D eigenvalue weighted by Crippen LogP contribution is 2.45. The van der Waals surface area contributed by atoms with Crippen LogP contribution < -0.4 is 4.74 Å². The van der Waals surface area contributed by atoms with E-state index in [0.29, 0.717) is 12.5 Å². The largest absolute Gasteiger partial charge is 0.486 e. The van der Waals surface area contributed by atoms with E-state index in [2.05, 4.69) is 164 Å². The molecule has 4 N–H and O–H groups in total. The van der Waals surface area contributed by atoms with Gasteiger partial charge < -0.3 is 24.7 Å². The summed E-state index contributed by atoms with van der Waals surface area (Å²) in [4.78, 5) is 45.1. The molecule has 1 aliphatic carbocycles. The Morgan fingerprint density at radius 2 is 1.00 bits per heavy atom. The zero-order valence-electron chi connectivity index (χ0n) is 44.8. The number of benzene rings is 8. The van der Waals surface area contributed by atoms with Crippen LogP contribution in [0, 0.1) is 0 Å². The highest BCUT2D eigenvalue weighted by molar-refractivity contribution is 6.23. The summed E-state index contributed by atoms with van der Waals surface area (Å²) in [7, 11) is 0. The van der Waals surface area contributed by atoms with Gasteiger partial charge in [0.05, 0.1) is 49.7 Å². The molecule has 14 aromatic rings. The van der Waals surface area contributed by atoms with Gasteiger partial charge in [0.25, 0.3) is 0 Å². The number of pyridine rings is 2. The Labute approximate surface area is 455 Å². The minimum atomic E-state index is 0.200. The van der Waals surface area contributed by atoms with E-state index in [1.54, 1.807) is 0 Å². The maximum atomic E-state index is 6.43. The van der Waals surface area contributed by atoms with Crippen LogP contribution in [0.15, 0.2) is 134 Å². The molecule has 384 valence electrons. The van der Waals surface area contributed by atoms with E-state index in [4.69, 9.17) is 34.6 Å². The first-order chi connectivity index (χ1) is 38.7. The Morgan fingerprint density at radius 1 is 0.456 bits per heavy atom. The van der Waals surface area contributed by atoms with Crippen LogP contribution in [0.25, 0.3) is 132 Å². The van der Waals surface area contributed by atoms with Gasteiger partial charge in [-0.1, -0.05) is 95.3 Å². The Bertz CT molecular complexity index is 4880. The predicted molar refractivity (Wildman–Crippen MR) is 320 cm³/mol. The van der Waals surface area contributed by atoms with E-state index in [0.717, 1.165) is 165 Å². The first-order valence-corrected chi connectivity index (χ1v) is 28.0. The fraction of sp³-hybridized carbons (Fsp3) is 0.206. The first-order valence-electron chi connectivity index (χ1n) is 28.0. The third-order valence-electron chi connectivity index (χ3n) is 17.4. The summed E-state index contributed by atoms with van der Waals surface area (Å²) in [5.74, 6) is 5.61. The van der Waals surface area contributed by atoms with Crippen LogP contribution in [0.1, 0.15) is 105 Å². The molecule has 0 spiro atoms. The van der Waals surface area contributed by atoms with Gasteiger partial charge in [0.1, 0.15) is 35.4 Å². The van der Waals surface area contributed by atoms with Crippen molar-refractivity contribution in [2.75, 3.05) is 0 Å². The lowest BCUT2D eigenvalue weighted by Gasteiger charge is -2.22. The van der Waals surface area contributed by atoms with E-state index in [1.165, 1.54) is 44.5 Å². The molecule has 0 saturated heterocycles. The molecule has 2 aliphatic rings. The van der Waals surface area contributed by atoms with Crippen LogP contribution in [0.4, 0.5) is 0 Å². The van der Waals surface area contributed by atoms with Crippen molar-refractivity contribution in [1.29, 1.82) is 0 Å². The molecule has 0 fully saturated rings. The summed E-state index contributed by atoms with van der Waals surface area (Å²) in [6, 6.07) is 44.4. The van der Waals surface area contributed by atoms with Crippen molar-refractivity contribution in [3.05, 3.63) is 174 Å². The number of ether oxygens (including phenoxy) is 1. The molecule has 79 heavy (non-hydrogen) atoms. The van der Waals surface area contributed by atoms with Crippen LogP contribution in [0.5, 0.6) is 5.75 Å². The van der Waals surface area contributed by atoms with Crippen LogP contribution in [0.3, 0.4) is 0 Å². The van der Waals surface area contributed by atoms with Crippen molar-refractivity contribution < 1.29 is 4.74 Å². The third-order valence-corrected chi connectivity index (χ3v) is 17.4. The number of hydrogen-bond acceptors (Lipinski definition) is 7. The standard InChI is InChI=1S/C68H56N10O/c1-6-56-71-55-26-24-49-44-19-14-38(30-42(44)33-79-65(49)64(55)73-56)40-16-21-48-53(32-40)58-51(10-8-28-70-58)63-61(48)77-68(78-63)36(5)12-11-35(4)67-72-54-25-23-45-43-18-13-37(29-41(43)17-22-46(45)59(54)74-67)39-15-20-47-52(31-39)57-50(9-7-27-69-57)62-60(47)75-66(76-62)34(2)3/h7-10,13-16,18-21,23-32,34-36H,6,11-12,17,22,33H2,1-5H3,(H,71,73)(H,72,74)(H,75,76)(H,77,78). The fourth-order valence-electron chi connectivity index (χ4n) is 13.1. The number of aryl methyl sites for hydroxylation is 3. The molecule has 8 aromatic carbocycles. The zero-order chi connectivity index (χ0) is 52.8. The lowest BCUT2D eigenvalue weighted by atomic mass is 9.83. The topological polar surface area (TPSA) is 150 Å². The Hall–Kier alpha value is -9.22. The average molecular weight is 1030 g/mol. The summed E-state index contributed by atoms with van der Waals surface area (Å²) in [6.07, 6.45) is 8.46. The summed E-state index contributed by atoms with van der Waals surface area (Å²) in [5.41, 5.74) is 23.6. The molecule has 6 aromatic heterocycles. The lowest BCUT2D eigenvalue weighted by molar-refractivity contribution is 0.305. The van der Waals surface area contributed by atoms with Crippen molar-refractivity contribution in [2.45, 2.75) is 91.1 Å². The molecule has 2 atom stereocenters. The maximum absolute atomic E-state index is 6.43. The van der Waals surface area contributed by atoms with Gasteiger partial charge in [0.15, 0.2) is 5.75 Å². The van der Waals surface area contributed by atoms with E-state index < -0.39 is 0 Å². The number of nitrogens with one attached hydrogen (secondary N) is 4. The van der Waals surface area contributed by atoms with E-state index in [1.807, 2.05) is 24.5 Å². The number of aromatic amines is 4. The van der Waals surface area contributed by atoms with Gasteiger partial charge in [-0.05, 0) is 142 Å². The number of rotatable bonds is 9. The second kappa shape index (κ2) is 17.4. The van der Waals surface area contributed by atoms with Gasteiger partial charge >= 0.3 is 0 Å². The summed E-state index contributed by atoms with van der Waals surface area (Å²) in [5, 5.41) is 6.65. The van der Waals surface area contributed by atoms with Crippen molar-refractivity contribution in [3.63, 3.8) is 0 Å². The van der Waals surface area contributed by atoms with Crippen molar-refractivity contribution in [3.8, 4) is 50.3 Å². The number of fused-ring (bicyclic) bond motifs is 22. The molecule has 0 radical (unpaired) electrons. The highest BCUT2D eigenvalue weighted by atomic mass is 16.5. The van der Waals surface area contributed by atoms with Crippen molar-refractivity contribution in [2.24, 2.45) is 0 Å². The monoisotopic (exact) mass is 1030 g/mol. The molecule has 0 amide bonds. The molecule has 0 saturated carbocycles. The molecule has 0 bridgehead atoms. The Morgan fingerprint density at radius 3 is 1.66 bits per heavy atom. The average Bonchev–Trinajstić information content (AvgIpc) is 4.43. The summed E-state index contributed by atoms with van der Waals surface area (Å²) in [6.45, 7) is 11.6. The van der Waals surface area contributed by atoms with Gasteiger partial charge in [-0.3, -0.25) is 9.97 Å². The SMILES string of the molecule is CCc1nc2c3c(ccc2[nH]1)-c1ccc(-c2ccc4c(c2)c2ncccc2c2nc(C(C)CCC(C)c5nc6c7c(ccc6[nH]5)-c5ccc(-c6ccc8c(c6)c6ncccc6c6nc(C(C)C)[nH]c86)cc5CC7)[nH]c42)cc1CO3. The zero-order valence-corrected chi connectivity index (χ0v) is 44.8. The minimum Gasteiger partial charge on any atom is -0.486 e. The Kier molecular flexibility index (Phi) is 10.1. The van der Waals surface area contributed by atoms with Crippen LogP contribution in [-0.4, -0.2) is 49.8 Å². The second-order valence-corrected chi connectivity index (χ2v) is 22.6. The highest BCUT2D eigenvalue weighted by Gasteiger charge is 2.26. The number of imidazole rings is 4. The Balaban J connectivity index is 0.652. The molecule has 11 nitrogen and oxygen atoms in total. The number of nitrogens with zero attached hydrogens (tertiary/aromatic N) is 6. The molecular weight excluding hydrogens is 973 g/mol. The molecule has 7 heterocycles. The van der Waals surface area contributed by atoms with Gasteiger partial charge in [-0.25, -0.2) is 19.9 Å². The van der Waals surface area contributed by atoms with E-state index in [-0.39, 0.29) is 11.8 Å². The number of hydrogen-bond donors (Lipinski definition) is 4. The third kappa shape index (κ3) is 7.10. The summed E-state index contributed by atoms with van der Waals surface area (Å²) >= 11 is 0. The molecular formula is C68H56N10O. The molecule has 2 unspecified atom stereocenters. The van der Waals surface area contributed by atoms with Crippen LogP contribution in [0.2, 0.25) is 0 Å². The normalized spacial score (nSPS) is 14.0. The van der Waals surface area contributed by atoms with Gasteiger partial charge in [0, 0.05) is 74.4 Å². The minimum absolute atomic E-state index is 0.200. The van der Waals surface area contributed by atoms with E-state index >= 15 is 0 Å². The molecule has 11 heteroatoms. The van der Waals surface area contributed by atoms with Crippen molar-refractivity contribution in [1.82, 2.24) is 49.8 Å². The van der Waals surface area contributed by atoms with Gasteiger partial charge in [0.2, 0.25) is 0 Å². The van der Waals surface area contributed by atoms with Gasteiger partial charge in [-0.15, -0.1) is 0 Å². The molecule has 1 aliphatic heterocycles. The number of aromatic nitrogens is 10.